The minimum atomic E-state index is -0.537. The highest BCUT2D eigenvalue weighted by molar-refractivity contribution is 4.71. The first-order chi connectivity index (χ1) is 7.08. The molecule has 15 heavy (non-hydrogen) atoms. The van der Waals surface area contributed by atoms with Crippen molar-refractivity contribution in [1.82, 2.24) is 0 Å². The van der Waals surface area contributed by atoms with E-state index < -0.39 is 24.4 Å². The van der Waals surface area contributed by atoms with Crippen LogP contribution in [0.25, 0.3) is 0 Å². The second kappa shape index (κ2) is 6.43. The second-order valence-corrected chi connectivity index (χ2v) is 4.58. The molecule has 0 aromatic carbocycles. The van der Waals surface area contributed by atoms with E-state index in [1.54, 1.807) is 0 Å². The highest BCUT2D eigenvalue weighted by Gasteiger charge is 2.18. The summed E-state index contributed by atoms with van der Waals surface area (Å²) in [6.45, 7) is 0. The van der Waals surface area contributed by atoms with Crippen molar-refractivity contribution < 1.29 is 20.4 Å². The molecule has 0 spiro atoms. The molecule has 0 aromatic heterocycles. The molecule has 1 rings (SSSR count). The van der Waals surface area contributed by atoms with Crippen LogP contribution in [0.15, 0.2) is 0 Å². The molecular formula is C11H22O4. The molecule has 0 heterocycles. The van der Waals surface area contributed by atoms with Crippen LogP contribution in [0.1, 0.15) is 44.9 Å². The number of aliphatic hydroxyl groups excluding tert-OH is 4. The predicted octanol–water partition coefficient (Wildman–Crippen LogP) is 0.174. The van der Waals surface area contributed by atoms with Crippen molar-refractivity contribution in [2.45, 2.75) is 69.4 Å². The zero-order valence-electron chi connectivity index (χ0n) is 9.05. The van der Waals surface area contributed by atoms with Crippen LogP contribution in [0.2, 0.25) is 0 Å². The molecule has 4 atom stereocenters. The van der Waals surface area contributed by atoms with E-state index in [0.29, 0.717) is 44.9 Å². The van der Waals surface area contributed by atoms with Crippen LogP contribution in [0.4, 0.5) is 0 Å². The van der Waals surface area contributed by atoms with Crippen LogP contribution in [-0.2, 0) is 0 Å². The van der Waals surface area contributed by atoms with Crippen molar-refractivity contribution in [2.24, 2.45) is 0 Å². The summed E-state index contributed by atoms with van der Waals surface area (Å²) in [5, 5.41) is 38.2. The van der Waals surface area contributed by atoms with E-state index in [4.69, 9.17) is 0 Å². The molecule has 0 amide bonds. The summed E-state index contributed by atoms with van der Waals surface area (Å²) in [7, 11) is 0. The highest BCUT2D eigenvalue weighted by atomic mass is 16.3. The van der Waals surface area contributed by atoms with Crippen LogP contribution >= 0.6 is 0 Å². The Morgan fingerprint density at radius 2 is 0.733 bits per heavy atom. The van der Waals surface area contributed by atoms with Gasteiger partial charge in [0, 0.05) is 0 Å². The second-order valence-electron chi connectivity index (χ2n) is 4.58. The summed E-state index contributed by atoms with van der Waals surface area (Å²) in [6, 6.07) is 0. The first-order valence-electron chi connectivity index (χ1n) is 5.80. The smallest absolute Gasteiger partial charge is 0.0565 e. The van der Waals surface area contributed by atoms with Gasteiger partial charge in [-0.15, -0.1) is 0 Å². The summed E-state index contributed by atoms with van der Waals surface area (Å²) >= 11 is 0. The van der Waals surface area contributed by atoms with Crippen LogP contribution in [-0.4, -0.2) is 44.8 Å². The Labute approximate surface area is 90.6 Å². The first-order valence-corrected chi connectivity index (χ1v) is 5.80. The Morgan fingerprint density at radius 1 is 0.467 bits per heavy atom. The van der Waals surface area contributed by atoms with Crippen molar-refractivity contribution in [3.63, 3.8) is 0 Å². The Hall–Kier alpha value is -0.160. The lowest BCUT2D eigenvalue weighted by Crippen LogP contribution is -2.19. The van der Waals surface area contributed by atoms with E-state index >= 15 is 0 Å². The van der Waals surface area contributed by atoms with E-state index in [-0.39, 0.29) is 0 Å². The molecule has 0 radical (unpaired) electrons. The molecule has 4 unspecified atom stereocenters. The minimum absolute atomic E-state index is 0.347. The Kier molecular flexibility index (Phi) is 5.53. The maximum atomic E-state index is 9.54. The fourth-order valence-corrected chi connectivity index (χ4v) is 1.99. The van der Waals surface area contributed by atoms with Gasteiger partial charge < -0.3 is 20.4 Å². The van der Waals surface area contributed by atoms with Gasteiger partial charge in [0.2, 0.25) is 0 Å². The Bertz CT molecular complexity index is 156. The first kappa shape index (κ1) is 12.9. The van der Waals surface area contributed by atoms with E-state index in [1.165, 1.54) is 0 Å². The molecule has 0 bridgehead atoms. The van der Waals surface area contributed by atoms with Gasteiger partial charge in [0.25, 0.3) is 0 Å². The van der Waals surface area contributed by atoms with Gasteiger partial charge in [-0.2, -0.15) is 0 Å². The SMILES string of the molecule is OC1CCC(O)CCC(O)CC(O)CC1. The number of aliphatic hydroxyl groups is 4. The summed E-state index contributed by atoms with van der Waals surface area (Å²) in [5.74, 6) is 0. The Balaban J connectivity index is 2.43. The monoisotopic (exact) mass is 218 g/mol. The molecule has 90 valence electrons. The van der Waals surface area contributed by atoms with E-state index in [1.807, 2.05) is 0 Å². The van der Waals surface area contributed by atoms with Crippen LogP contribution in [0.3, 0.4) is 0 Å². The quantitative estimate of drug-likeness (QED) is 0.467. The van der Waals surface area contributed by atoms with E-state index in [0.717, 1.165) is 0 Å². The van der Waals surface area contributed by atoms with Gasteiger partial charge in [-0.05, 0) is 44.9 Å². The molecule has 4 heteroatoms. The average molecular weight is 218 g/mol. The largest absolute Gasteiger partial charge is 0.393 e. The van der Waals surface area contributed by atoms with Crippen molar-refractivity contribution in [3.8, 4) is 0 Å². The van der Waals surface area contributed by atoms with Crippen LogP contribution < -0.4 is 0 Å². The normalized spacial score (nSPS) is 40.8. The summed E-state index contributed by atoms with van der Waals surface area (Å²) in [6.07, 6.45) is 1.67. The lowest BCUT2D eigenvalue weighted by Gasteiger charge is -2.15. The molecule has 0 aromatic rings. The third-order valence-electron chi connectivity index (χ3n) is 3.04. The number of hydrogen-bond acceptors (Lipinski definition) is 4. The van der Waals surface area contributed by atoms with Gasteiger partial charge in [-0.1, -0.05) is 0 Å². The third-order valence-corrected chi connectivity index (χ3v) is 3.04. The molecule has 0 saturated heterocycles. The van der Waals surface area contributed by atoms with Gasteiger partial charge >= 0.3 is 0 Å². The summed E-state index contributed by atoms with van der Waals surface area (Å²) in [4.78, 5) is 0. The third kappa shape index (κ3) is 5.47. The van der Waals surface area contributed by atoms with Crippen LogP contribution in [0, 0.1) is 0 Å². The lowest BCUT2D eigenvalue weighted by atomic mass is 10.0. The van der Waals surface area contributed by atoms with E-state index in [9.17, 15) is 20.4 Å². The topological polar surface area (TPSA) is 80.9 Å². The maximum absolute atomic E-state index is 9.54. The van der Waals surface area contributed by atoms with Crippen molar-refractivity contribution >= 4 is 0 Å². The molecule has 1 saturated carbocycles. The predicted molar refractivity (Wildman–Crippen MR) is 56.3 cm³/mol. The van der Waals surface area contributed by atoms with Gasteiger partial charge in [-0.3, -0.25) is 0 Å². The number of rotatable bonds is 0. The van der Waals surface area contributed by atoms with Crippen molar-refractivity contribution in [3.05, 3.63) is 0 Å². The lowest BCUT2D eigenvalue weighted by molar-refractivity contribution is 0.0561. The van der Waals surface area contributed by atoms with Gasteiger partial charge in [-0.25, -0.2) is 0 Å². The van der Waals surface area contributed by atoms with Gasteiger partial charge in [0.1, 0.15) is 0 Å². The molecule has 1 aliphatic rings. The molecule has 1 fully saturated rings. The zero-order valence-corrected chi connectivity index (χ0v) is 9.05. The Morgan fingerprint density at radius 3 is 1.07 bits per heavy atom. The van der Waals surface area contributed by atoms with E-state index in [2.05, 4.69) is 0 Å². The fourth-order valence-electron chi connectivity index (χ4n) is 1.99. The molecule has 4 nitrogen and oxygen atoms in total. The summed E-state index contributed by atoms with van der Waals surface area (Å²) < 4.78 is 0. The molecule has 4 N–H and O–H groups in total. The number of hydrogen-bond donors (Lipinski definition) is 4. The summed E-state index contributed by atoms with van der Waals surface area (Å²) in [5.41, 5.74) is 0. The molecular weight excluding hydrogens is 196 g/mol. The maximum Gasteiger partial charge on any atom is 0.0565 e. The zero-order chi connectivity index (χ0) is 11.3. The fraction of sp³-hybridized carbons (Fsp3) is 1.00. The van der Waals surface area contributed by atoms with Crippen molar-refractivity contribution in [2.75, 3.05) is 0 Å². The van der Waals surface area contributed by atoms with Gasteiger partial charge in [0.15, 0.2) is 0 Å². The molecule has 1 aliphatic carbocycles. The molecule has 0 aliphatic heterocycles. The standard InChI is InChI=1S/C11H22O4/c12-8-1-2-9(13)4-6-11(15)7-10(14)5-3-8/h8-15H,1-7H2. The minimum Gasteiger partial charge on any atom is -0.393 e. The average Bonchev–Trinajstić information content (AvgIpc) is 2.21. The highest BCUT2D eigenvalue weighted by Crippen LogP contribution is 2.18. The van der Waals surface area contributed by atoms with Crippen molar-refractivity contribution in [1.29, 1.82) is 0 Å². The van der Waals surface area contributed by atoms with Gasteiger partial charge in [0.05, 0.1) is 24.4 Å². The van der Waals surface area contributed by atoms with Crippen LogP contribution in [0.5, 0.6) is 0 Å².